The highest BCUT2D eigenvalue weighted by molar-refractivity contribution is 6.13. The van der Waals surface area contributed by atoms with Crippen molar-refractivity contribution in [2.45, 2.75) is 19.1 Å². The Labute approximate surface area is 123 Å². The molecule has 2 atom stereocenters. The number of aliphatic imine (C=N–C) groups is 1. The zero-order chi connectivity index (χ0) is 15.2. The molecule has 0 heterocycles. The van der Waals surface area contributed by atoms with E-state index < -0.39 is 18.1 Å². The molecule has 0 aliphatic heterocycles. The second kappa shape index (κ2) is 6.81. The molecule has 0 saturated heterocycles. The predicted octanol–water partition coefficient (Wildman–Crippen LogP) is 2.36. The number of aliphatic hydroxyl groups excluding tert-OH is 1. The Hall–Kier alpha value is -2.46. The molecule has 0 spiro atoms. The van der Waals surface area contributed by atoms with Gasteiger partial charge in [0.15, 0.2) is 6.04 Å². The SMILES string of the molecule is CC(O)C(N=C(c1ccccc1)c1ccccc1)C(=O)O. The number of rotatable bonds is 5. The summed E-state index contributed by atoms with van der Waals surface area (Å²) in [4.78, 5) is 15.6. The number of aliphatic carboxylic acids is 1. The lowest BCUT2D eigenvalue weighted by molar-refractivity contribution is -0.140. The second-order valence-electron chi connectivity index (χ2n) is 4.73. The largest absolute Gasteiger partial charge is 0.480 e. The summed E-state index contributed by atoms with van der Waals surface area (Å²) in [5, 5.41) is 18.9. The van der Waals surface area contributed by atoms with Gasteiger partial charge < -0.3 is 10.2 Å². The quantitative estimate of drug-likeness (QED) is 0.828. The summed E-state index contributed by atoms with van der Waals surface area (Å²) >= 11 is 0. The van der Waals surface area contributed by atoms with Gasteiger partial charge in [0.2, 0.25) is 0 Å². The van der Waals surface area contributed by atoms with E-state index in [4.69, 9.17) is 0 Å². The van der Waals surface area contributed by atoms with Gasteiger partial charge in [0.1, 0.15) is 0 Å². The van der Waals surface area contributed by atoms with Crippen LogP contribution in [0.2, 0.25) is 0 Å². The van der Waals surface area contributed by atoms with Gasteiger partial charge in [-0.25, -0.2) is 4.79 Å². The molecule has 2 unspecified atom stereocenters. The lowest BCUT2D eigenvalue weighted by Gasteiger charge is -2.14. The van der Waals surface area contributed by atoms with Gasteiger partial charge in [-0.05, 0) is 6.92 Å². The van der Waals surface area contributed by atoms with Gasteiger partial charge in [0, 0.05) is 11.1 Å². The normalized spacial score (nSPS) is 13.2. The first-order chi connectivity index (χ1) is 10.1. The summed E-state index contributed by atoms with van der Waals surface area (Å²) < 4.78 is 0. The van der Waals surface area contributed by atoms with Crippen LogP contribution in [-0.4, -0.2) is 34.0 Å². The van der Waals surface area contributed by atoms with E-state index in [0.717, 1.165) is 11.1 Å². The number of aliphatic hydroxyl groups is 1. The Balaban J connectivity index is 2.54. The predicted molar refractivity (Wildman–Crippen MR) is 81.6 cm³/mol. The highest BCUT2D eigenvalue weighted by Gasteiger charge is 2.23. The Morgan fingerprint density at radius 3 is 1.71 bits per heavy atom. The lowest BCUT2D eigenvalue weighted by Crippen LogP contribution is -2.31. The standard InChI is InChI=1S/C17H17NO3/c1-12(19)15(17(20)21)18-16(13-8-4-2-5-9-13)14-10-6-3-7-11-14/h2-12,15,19H,1H3,(H,20,21). The molecule has 2 N–H and O–H groups in total. The molecular formula is C17H17NO3. The number of nitrogens with zero attached hydrogens (tertiary/aromatic N) is 1. The molecule has 0 amide bonds. The zero-order valence-electron chi connectivity index (χ0n) is 11.7. The van der Waals surface area contributed by atoms with E-state index in [1.165, 1.54) is 6.92 Å². The van der Waals surface area contributed by atoms with Gasteiger partial charge in [-0.15, -0.1) is 0 Å². The van der Waals surface area contributed by atoms with Crippen LogP contribution in [0.25, 0.3) is 0 Å². The number of hydrogen-bond acceptors (Lipinski definition) is 3. The van der Waals surface area contributed by atoms with E-state index in [9.17, 15) is 15.0 Å². The van der Waals surface area contributed by atoms with Crippen LogP contribution in [0.15, 0.2) is 65.7 Å². The van der Waals surface area contributed by atoms with Crippen LogP contribution in [0.1, 0.15) is 18.1 Å². The van der Waals surface area contributed by atoms with Crippen molar-refractivity contribution in [2.75, 3.05) is 0 Å². The van der Waals surface area contributed by atoms with Gasteiger partial charge in [0.05, 0.1) is 11.8 Å². The minimum absolute atomic E-state index is 0.560. The summed E-state index contributed by atoms with van der Waals surface area (Å²) in [6.45, 7) is 1.43. The number of carboxylic acid groups (broad SMARTS) is 1. The fraction of sp³-hybridized carbons (Fsp3) is 0.176. The van der Waals surface area contributed by atoms with Crippen molar-refractivity contribution in [3.63, 3.8) is 0 Å². The number of hydrogen-bond donors (Lipinski definition) is 2. The van der Waals surface area contributed by atoms with Crippen molar-refractivity contribution in [1.82, 2.24) is 0 Å². The molecule has 0 aromatic heterocycles. The molecule has 4 nitrogen and oxygen atoms in total. The van der Waals surface area contributed by atoms with Gasteiger partial charge in [-0.2, -0.15) is 0 Å². The van der Waals surface area contributed by atoms with E-state index in [1.807, 2.05) is 60.7 Å². The van der Waals surface area contributed by atoms with Gasteiger partial charge in [-0.1, -0.05) is 60.7 Å². The third-order valence-corrected chi connectivity index (χ3v) is 3.07. The molecule has 0 fully saturated rings. The Bertz CT molecular complexity index is 579. The summed E-state index contributed by atoms with van der Waals surface area (Å²) in [6, 6.07) is 17.5. The van der Waals surface area contributed by atoms with Crippen LogP contribution in [-0.2, 0) is 4.79 Å². The van der Waals surface area contributed by atoms with Crippen LogP contribution < -0.4 is 0 Å². The van der Waals surface area contributed by atoms with E-state index in [2.05, 4.69) is 4.99 Å². The highest BCUT2D eigenvalue weighted by Crippen LogP contribution is 2.13. The minimum Gasteiger partial charge on any atom is -0.480 e. The summed E-state index contributed by atoms with van der Waals surface area (Å²) in [6.07, 6.45) is -1.06. The van der Waals surface area contributed by atoms with E-state index in [0.29, 0.717) is 5.71 Å². The fourth-order valence-corrected chi connectivity index (χ4v) is 2.02. The summed E-state index contributed by atoms with van der Waals surface area (Å²) in [7, 11) is 0. The topological polar surface area (TPSA) is 69.9 Å². The number of carboxylic acids is 1. The maximum Gasteiger partial charge on any atom is 0.331 e. The third-order valence-electron chi connectivity index (χ3n) is 3.07. The van der Waals surface area contributed by atoms with Crippen LogP contribution in [0, 0.1) is 0 Å². The van der Waals surface area contributed by atoms with Crippen molar-refractivity contribution in [3.8, 4) is 0 Å². The van der Waals surface area contributed by atoms with Crippen LogP contribution >= 0.6 is 0 Å². The molecule has 2 rings (SSSR count). The van der Waals surface area contributed by atoms with E-state index in [-0.39, 0.29) is 0 Å². The number of carbonyl (C=O) groups is 1. The molecule has 0 aliphatic rings. The first-order valence-corrected chi connectivity index (χ1v) is 6.69. The molecule has 108 valence electrons. The molecule has 4 heteroatoms. The average Bonchev–Trinajstić information content (AvgIpc) is 2.49. The zero-order valence-corrected chi connectivity index (χ0v) is 11.7. The fourth-order valence-electron chi connectivity index (χ4n) is 2.02. The van der Waals surface area contributed by atoms with Crippen molar-refractivity contribution in [3.05, 3.63) is 71.8 Å². The molecule has 0 bridgehead atoms. The van der Waals surface area contributed by atoms with Crippen molar-refractivity contribution >= 4 is 11.7 Å². The second-order valence-corrected chi connectivity index (χ2v) is 4.73. The summed E-state index contributed by atoms with van der Waals surface area (Å²) in [5.41, 5.74) is 2.19. The Kier molecular flexibility index (Phi) is 4.85. The number of benzene rings is 2. The highest BCUT2D eigenvalue weighted by atomic mass is 16.4. The molecule has 21 heavy (non-hydrogen) atoms. The van der Waals surface area contributed by atoms with E-state index >= 15 is 0 Å². The molecule has 0 saturated carbocycles. The Morgan fingerprint density at radius 2 is 1.38 bits per heavy atom. The first-order valence-electron chi connectivity index (χ1n) is 6.69. The maximum atomic E-state index is 11.3. The molecule has 0 aliphatic carbocycles. The average molecular weight is 283 g/mol. The van der Waals surface area contributed by atoms with Gasteiger partial charge in [-0.3, -0.25) is 4.99 Å². The lowest BCUT2D eigenvalue weighted by atomic mass is 10.0. The first kappa shape index (κ1) is 14.9. The van der Waals surface area contributed by atoms with Crippen molar-refractivity contribution < 1.29 is 15.0 Å². The van der Waals surface area contributed by atoms with Gasteiger partial charge in [0.25, 0.3) is 0 Å². The van der Waals surface area contributed by atoms with Crippen LogP contribution in [0.4, 0.5) is 0 Å². The minimum atomic E-state index is -1.19. The van der Waals surface area contributed by atoms with Crippen molar-refractivity contribution in [1.29, 1.82) is 0 Å². The van der Waals surface area contributed by atoms with Crippen LogP contribution in [0.5, 0.6) is 0 Å². The molecule has 2 aromatic carbocycles. The molecule has 0 radical (unpaired) electrons. The maximum absolute atomic E-state index is 11.3. The molecular weight excluding hydrogens is 266 g/mol. The third kappa shape index (κ3) is 3.77. The molecule has 2 aromatic rings. The van der Waals surface area contributed by atoms with Gasteiger partial charge >= 0.3 is 5.97 Å². The summed E-state index contributed by atoms with van der Waals surface area (Å²) in [5.74, 6) is -1.14. The Morgan fingerprint density at radius 1 is 0.952 bits per heavy atom. The van der Waals surface area contributed by atoms with Crippen LogP contribution in [0.3, 0.4) is 0 Å². The van der Waals surface area contributed by atoms with E-state index in [1.54, 1.807) is 0 Å². The van der Waals surface area contributed by atoms with Crippen molar-refractivity contribution in [2.24, 2.45) is 4.99 Å². The smallest absolute Gasteiger partial charge is 0.331 e. The monoisotopic (exact) mass is 283 g/mol.